The zero-order chi connectivity index (χ0) is 12.3. The van der Waals surface area contributed by atoms with E-state index in [1.807, 2.05) is 0 Å². The Labute approximate surface area is 92.2 Å². The number of nitrogens with two attached hydrogens (primary N) is 1. The highest BCUT2D eigenvalue weighted by molar-refractivity contribution is 5.70. The van der Waals surface area contributed by atoms with Gasteiger partial charge in [0.1, 0.15) is 11.6 Å². The number of hydrogen-bond acceptors (Lipinski definition) is 3. The van der Waals surface area contributed by atoms with Crippen molar-refractivity contribution in [1.82, 2.24) is 0 Å². The minimum atomic E-state index is -0.827. The summed E-state index contributed by atoms with van der Waals surface area (Å²) in [4.78, 5) is 11.0. The molecule has 0 fully saturated rings. The first-order valence-corrected chi connectivity index (χ1v) is 4.73. The van der Waals surface area contributed by atoms with Crippen LogP contribution in [-0.4, -0.2) is 13.1 Å². The standard InChI is InChI=1S/C11H13F2NO2/c1-6-3-7(9(13)4-8(6)12)10(14)5-11(15)16-2/h3-4,10H,5,14H2,1-2H3. The summed E-state index contributed by atoms with van der Waals surface area (Å²) in [5.74, 6) is -1.92. The summed E-state index contributed by atoms with van der Waals surface area (Å²) in [6.45, 7) is 1.50. The predicted octanol–water partition coefficient (Wildman–Crippen LogP) is 1.84. The summed E-state index contributed by atoms with van der Waals surface area (Å²) in [6, 6.07) is 1.24. The quantitative estimate of drug-likeness (QED) is 0.804. The molecule has 3 nitrogen and oxygen atoms in total. The van der Waals surface area contributed by atoms with Crippen molar-refractivity contribution >= 4 is 5.97 Å². The molecule has 0 spiro atoms. The molecule has 0 amide bonds. The maximum Gasteiger partial charge on any atom is 0.307 e. The van der Waals surface area contributed by atoms with Gasteiger partial charge in [-0.1, -0.05) is 0 Å². The van der Waals surface area contributed by atoms with Crippen LogP contribution in [0.3, 0.4) is 0 Å². The van der Waals surface area contributed by atoms with Crippen LogP contribution >= 0.6 is 0 Å². The van der Waals surface area contributed by atoms with Crippen molar-refractivity contribution in [2.24, 2.45) is 5.73 Å². The van der Waals surface area contributed by atoms with Gasteiger partial charge in [0, 0.05) is 17.7 Å². The van der Waals surface area contributed by atoms with Crippen molar-refractivity contribution in [3.8, 4) is 0 Å². The van der Waals surface area contributed by atoms with Crippen LogP contribution in [-0.2, 0) is 9.53 Å². The third-order valence-electron chi connectivity index (χ3n) is 2.29. The van der Waals surface area contributed by atoms with Gasteiger partial charge in [-0.3, -0.25) is 4.79 Å². The zero-order valence-electron chi connectivity index (χ0n) is 9.09. The second kappa shape index (κ2) is 5.03. The van der Waals surface area contributed by atoms with E-state index in [0.29, 0.717) is 0 Å². The molecule has 0 aliphatic heterocycles. The molecule has 0 radical (unpaired) electrons. The molecule has 0 heterocycles. The number of hydrogen-bond donors (Lipinski definition) is 1. The van der Waals surface area contributed by atoms with E-state index >= 15 is 0 Å². The monoisotopic (exact) mass is 229 g/mol. The van der Waals surface area contributed by atoms with E-state index in [2.05, 4.69) is 4.74 Å². The molecule has 88 valence electrons. The smallest absolute Gasteiger partial charge is 0.307 e. The van der Waals surface area contributed by atoms with Crippen LogP contribution in [0.4, 0.5) is 8.78 Å². The number of ether oxygens (including phenoxy) is 1. The van der Waals surface area contributed by atoms with E-state index in [1.165, 1.54) is 20.1 Å². The summed E-state index contributed by atoms with van der Waals surface area (Å²) in [6.07, 6.45) is -0.140. The number of benzene rings is 1. The number of carbonyl (C=O) groups excluding carboxylic acids is 1. The van der Waals surface area contributed by atoms with Crippen LogP contribution in [0.15, 0.2) is 12.1 Å². The van der Waals surface area contributed by atoms with Crippen molar-refractivity contribution < 1.29 is 18.3 Å². The third-order valence-corrected chi connectivity index (χ3v) is 2.29. The number of carbonyl (C=O) groups is 1. The molecular weight excluding hydrogens is 216 g/mol. The minimum absolute atomic E-state index is 0.115. The maximum atomic E-state index is 13.4. The Kier molecular flexibility index (Phi) is 3.95. The fourth-order valence-electron chi connectivity index (χ4n) is 1.34. The van der Waals surface area contributed by atoms with Crippen LogP contribution in [0.5, 0.6) is 0 Å². The van der Waals surface area contributed by atoms with E-state index in [-0.39, 0.29) is 17.5 Å². The number of aryl methyl sites for hydroxylation is 1. The molecule has 0 aliphatic carbocycles. The molecule has 5 heteroatoms. The third kappa shape index (κ3) is 2.76. The van der Waals surface area contributed by atoms with Gasteiger partial charge >= 0.3 is 5.97 Å². The lowest BCUT2D eigenvalue weighted by atomic mass is 10.0. The van der Waals surface area contributed by atoms with Crippen molar-refractivity contribution in [3.05, 3.63) is 34.9 Å². The molecule has 1 aromatic carbocycles. The van der Waals surface area contributed by atoms with E-state index in [9.17, 15) is 13.6 Å². The fourth-order valence-corrected chi connectivity index (χ4v) is 1.34. The zero-order valence-corrected chi connectivity index (χ0v) is 9.09. The van der Waals surface area contributed by atoms with Gasteiger partial charge in [-0.05, 0) is 18.6 Å². The van der Waals surface area contributed by atoms with E-state index < -0.39 is 23.6 Å². The lowest BCUT2D eigenvalue weighted by Gasteiger charge is -2.12. The van der Waals surface area contributed by atoms with Gasteiger partial charge < -0.3 is 10.5 Å². The van der Waals surface area contributed by atoms with Gasteiger partial charge in [0.05, 0.1) is 13.5 Å². The van der Waals surface area contributed by atoms with Gasteiger partial charge in [-0.2, -0.15) is 0 Å². The molecule has 0 saturated carbocycles. The summed E-state index contributed by atoms with van der Waals surface area (Å²) < 4.78 is 30.8. The Morgan fingerprint density at radius 3 is 2.62 bits per heavy atom. The van der Waals surface area contributed by atoms with Crippen LogP contribution < -0.4 is 5.73 Å². The van der Waals surface area contributed by atoms with Crippen LogP contribution in [0.2, 0.25) is 0 Å². The molecule has 1 rings (SSSR count). The highest BCUT2D eigenvalue weighted by Gasteiger charge is 2.17. The topological polar surface area (TPSA) is 52.3 Å². The average Bonchev–Trinajstić information content (AvgIpc) is 2.23. The number of esters is 1. The van der Waals surface area contributed by atoms with Gasteiger partial charge in [0.25, 0.3) is 0 Å². The van der Waals surface area contributed by atoms with Crippen molar-refractivity contribution in [3.63, 3.8) is 0 Å². The Hall–Kier alpha value is -1.49. The van der Waals surface area contributed by atoms with Crippen LogP contribution in [0.25, 0.3) is 0 Å². The first kappa shape index (κ1) is 12.6. The largest absolute Gasteiger partial charge is 0.469 e. The van der Waals surface area contributed by atoms with E-state index in [0.717, 1.165) is 6.07 Å². The summed E-state index contributed by atoms with van der Waals surface area (Å²) in [5.41, 5.74) is 6.03. The van der Waals surface area contributed by atoms with Crippen molar-refractivity contribution in [1.29, 1.82) is 0 Å². The minimum Gasteiger partial charge on any atom is -0.469 e. The second-order valence-corrected chi connectivity index (χ2v) is 3.51. The fraction of sp³-hybridized carbons (Fsp3) is 0.364. The predicted molar refractivity (Wildman–Crippen MR) is 54.7 cm³/mol. The maximum absolute atomic E-state index is 13.4. The van der Waals surface area contributed by atoms with Gasteiger partial charge in [0.15, 0.2) is 0 Å². The molecule has 0 saturated heterocycles. The number of methoxy groups -OCH3 is 1. The normalized spacial score (nSPS) is 12.3. The first-order chi connectivity index (χ1) is 7.45. The summed E-state index contributed by atoms with van der Waals surface area (Å²) in [5, 5.41) is 0. The average molecular weight is 229 g/mol. The molecule has 1 unspecified atom stereocenters. The van der Waals surface area contributed by atoms with Gasteiger partial charge in [-0.25, -0.2) is 8.78 Å². The SMILES string of the molecule is COC(=O)CC(N)c1cc(C)c(F)cc1F. The molecule has 1 aromatic rings. The van der Waals surface area contributed by atoms with Crippen LogP contribution in [0, 0.1) is 18.6 Å². The Balaban J connectivity index is 2.95. The highest BCUT2D eigenvalue weighted by atomic mass is 19.1. The van der Waals surface area contributed by atoms with E-state index in [4.69, 9.17) is 5.73 Å². The molecule has 0 bridgehead atoms. The van der Waals surface area contributed by atoms with Crippen molar-refractivity contribution in [2.75, 3.05) is 7.11 Å². The first-order valence-electron chi connectivity index (χ1n) is 4.73. The Morgan fingerprint density at radius 2 is 2.06 bits per heavy atom. The highest BCUT2D eigenvalue weighted by Crippen LogP contribution is 2.21. The van der Waals surface area contributed by atoms with E-state index in [1.54, 1.807) is 0 Å². The summed E-state index contributed by atoms with van der Waals surface area (Å²) >= 11 is 0. The van der Waals surface area contributed by atoms with Gasteiger partial charge in [0.2, 0.25) is 0 Å². The molecular formula is C11H13F2NO2. The number of halogens is 2. The van der Waals surface area contributed by atoms with Crippen molar-refractivity contribution in [2.45, 2.75) is 19.4 Å². The summed E-state index contributed by atoms with van der Waals surface area (Å²) in [7, 11) is 1.22. The molecule has 0 aromatic heterocycles. The molecule has 0 aliphatic rings. The number of rotatable bonds is 3. The Bertz CT molecular complexity index is 407. The molecule has 2 N–H and O–H groups in total. The molecule has 1 atom stereocenters. The molecule has 16 heavy (non-hydrogen) atoms. The van der Waals surface area contributed by atoms with Gasteiger partial charge in [-0.15, -0.1) is 0 Å². The lowest BCUT2D eigenvalue weighted by Crippen LogP contribution is -2.18. The Morgan fingerprint density at radius 1 is 1.44 bits per heavy atom. The lowest BCUT2D eigenvalue weighted by molar-refractivity contribution is -0.141. The second-order valence-electron chi connectivity index (χ2n) is 3.51. The van der Waals surface area contributed by atoms with Crippen LogP contribution in [0.1, 0.15) is 23.6 Å².